The number of piperazine rings is 1. The third-order valence-corrected chi connectivity index (χ3v) is 5.05. The Morgan fingerprint density at radius 3 is 2.50 bits per heavy atom. The molecule has 0 amide bonds. The average molecular weight is 297 g/mol. The zero-order valence-corrected chi connectivity index (χ0v) is 12.1. The van der Waals surface area contributed by atoms with E-state index in [-0.39, 0.29) is 22.5 Å². The average Bonchev–Trinajstić information content (AvgIpc) is 2.37. The van der Waals surface area contributed by atoms with E-state index in [4.69, 9.17) is 5.26 Å². The lowest BCUT2D eigenvalue weighted by molar-refractivity contribution is 0.263. The van der Waals surface area contributed by atoms with Gasteiger partial charge in [-0.1, -0.05) is 0 Å². The van der Waals surface area contributed by atoms with E-state index in [2.05, 4.69) is 5.32 Å². The van der Waals surface area contributed by atoms with Gasteiger partial charge in [-0.15, -0.1) is 0 Å². The van der Waals surface area contributed by atoms with E-state index in [9.17, 15) is 12.8 Å². The van der Waals surface area contributed by atoms with E-state index in [1.165, 1.54) is 10.4 Å². The minimum Gasteiger partial charge on any atom is -0.309 e. The number of hydrogen-bond donors (Lipinski definition) is 1. The fourth-order valence-corrected chi connectivity index (χ4v) is 4.02. The monoisotopic (exact) mass is 297 g/mol. The van der Waals surface area contributed by atoms with Gasteiger partial charge < -0.3 is 5.32 Å². The second-order valence-corrected chi connectivity index (χ2v) is 6.98. The first-order valence-corrected chi connectivity index (χ1v) is 7.74. The van der Waals surface area contributed by atoms with Crippen LogP contribution in [-0.2, 0) is 10.0 Å². The van der Waals surface area contributed by atoms with Crippen LogP contribution in [0.5, 0.6) is 0 Å². The number of nitrogens with one attached hydrogen (secondary N) is 1. The zero-order chi connectivity index (χ0) is 14.9. The number of nitrogens with zero attached hydrogens (tertiary/aromatic N) is 2. The van der Waals surface area contributed by atoms with Crippen molar-refractivity contribution >= 4 is 10.0 Å². The molecule has 1 fully saturated rings. The molecule has 20 heavy (non-hydrogen) atoms. The summed E-state index contributed by atoms with van der Waals surface area (Å²) < 4.78 is 39.7. The maximum atomic E-state index is 13.3. The Kier molecular flexibility index (Phi) is 4.09. The molecule has 0 aromatic heterocycles. The summed E-state index contributed by atoms with van der Waals surface area (Å²) in [5.74, 6) is -0.714. The maximum absolute atomic E-state index is 13.3. The largest absolute Gasteiger partial charge is 0.309 e. The van der Waals surface area contributed by atoms with Crippen molar-refractivity contribution in [2.45, 2.75) is 30.8 Å². The topological polar surface area (TPSA) is 73.2 Å². The van der Waals surface area contributed by atoms with E-state index >= 15 is 0 Å². The fourth-order valence-electron chi connectivity index (χ4n) is 2.37. The Labute approximate surface area is 118 Å². The summed E-state index contributed by atoms with van der Waals surface area (Å²) in [4.78, 5) is -0.0447. The molecule has 7 heteroatoms. The van der Waals surface area contributed by atoms with Crippen LogP contribution in [0, 0.1) is 17.1 Å². The molecule has 1 aromatic carbocycles. The van der Waals surface area contributed by atoms with Gasteiger partial charge in [-0.3, -0.25) is 0 Å². The number of halogens is 1. The van der Waals surface area contributed by atoms with Crippen LogP contribution >= 0.6 is 0 Å². The molecule has 2 atom stereocenters. The standard InChI is InChI=1S/C13H16FN3O2S/c1-9-7-17(8-10(2)16-9)20(18,19)12-3-4-13(14)11(5-12)6-15/h3-5,9-10,16H,7-8H2,1-2H3. The van der Waals surface area contributed by atoms with Gasteiger partial charge in [0.1, 0.15) is 11.9 Å². The molecule has 1 N–H and O–H groups in total. The number of sulfonamides is 1. The highest BCUT2D eigenvalue weighted by atomic mass is 32.2. The second kappa shape index (κ2) is 5.48. The highest BCUT2D eigenvalue weighted by molar-refractivity contribution is 7.89. The molecule has 0 radical (unpaired) electrons. The normalized spacial score (nSPS) is 24.3. The van der Waals surface area contributed by atoms with Gasteiger partial charge >= 0.3 is 0 Å². The van der Waals surface area contributed by atoms with Crippen LogP contribution in [0.25, 0.3) is 0 Å². The molecular formula is C13H16FN3O2S. The molecule has 2 rings (SSSR count). The Hall–Kier alpha value is -1.49. The van der Waals surface area contributed by atoms with Gasteiger partial charge in [0.05, 0.1) is 10.5 Å². The molecule has 1 aromatic rings. The van der Waals surface area contributed by atoms with Gasteiger partial charge in [-0.2, -0.15) is 9.57 Å². The SMILES string of the molecule is CC1CN(S(=O)(=O)c2ccc(F)c(C#N)c2)CC(C)N1. The van der Waals surface area contributed by atoms with E-state index in [1.807, 2.05) is 13.8 Å². The van der Waals surface area contributed by atoms with Gasteiger partial charge in [0.15, 0.2) is 0 Å². The molecule has 1 saturated heterocycles. The minimum atomic E-state index is -3.70. The predicted molar refractivity (Wildman–Crippen MR) is 71.9 cm³/mol. The van der Waals surface area contributed by atoms with Crippen molar-refractivity contribution < 1.29 is 12.8 Å². The smallest absolute Gasteiger partial charge is 0.243 e. The number of hydrogen-bond acceptors (Lipinski definition) is 4. The van der Waals surface area contributed by atoms with Crippen LogP contribution in [0.4, 0.5) is 4.39 Å². The van der Waals surface area contributed by atoms with Crippen LogP contribution < -0.4 is 5.32 Å². The van der Waals surface area contributed by atoms with Crippen molar-refractivity contribution in [1.82, 2.24) is 9.62 Å². The van der Waals surface area contributed by atoms with E-state index in [0.717, 1.165) is 12.1 Å². The van der Waals surface area contributed by atoms with Crippen molar-refractivity contribution in [2.24, 2.45) is 0 Å². The number of benzene rings is 1. The molecule has 108 valence electrons. The lowest BCUT2D eigenvalue weighted by atomic mass is 10.2. The van der Waals surface area contributed by atoms with Crippen LogP contribution in [0.15, 0.2) is 23.1 Å². The molecule has 0 bridgehead atoms. The fraction of sp³-hybridized carbons (Fsp3) is 0.462. The number of rotatable bonds is 2. The lowest BCUT2D eigenvalue weighted by Gasteiger charge is -2.35. The quantitative estimate of drug-likeness (QED) is 0.886. The van der Waals surface area contributed by atoms with Gasteiger partial charge in [0.2, 0.25) is 10.0 Å². The van der Waals surface area contributed by atoms with Gasteiger partial charge in [0.25, 0.3) is 0 Å². The van der Waals surface area contributed by atoms with Crippen molar-refractivity contribution in [3.8, 4) is 6.07 Å². The van der Waals surface area contributed by atoms with Crippen LogP contribution in [0.2, 0.25) is 0 Å². The summed E-state index contributed by atoms with van der Waals surface area (Å²) in [6, 6.07) is 5.05. The van der Waals surface area contributed by atoms with Crippen molar-refractivity contribution in [1.29, 1.82) is 5.26 Å². The highest BCUT2D eigenvalue weighted by Gasteiger charge is 2.31. The van der Waals surface area contributed by atoms with E-state index in [0.29, 0.717) is 13.1 Å². The molecule has 1 aliphatic rings. The first kappa shape index (κ1) is 14.9. The minimum absolute atomic E-state index is 0.0447. The zero-order valence-electron chi connectivity index (χ0n) is 11.3. The summed E-state index contributed by atoms with van der Waals surface area (Å²) in [5.41, 5.74) is -0.262. The van der Waals surface area contributed by atoms with Crippen molar-refractivity contribution in [2.75, 3.05) is 13.1 Å². The summed E-state index contributed by atoms with van der Waals surface area (Å²) in [5, 5.41) is 12.0. The summed E-state index contributed by atoms with van der Waals surface area (Å²) in [7, 11) is -3.70. The summed E-state index contributed by atoms with van der Waals surface area (Å²) in [6.45, 7) is 4.52. The molecule has 0 saturated carbocycles. The molecule has 2 unspecified atom stereocenters. The van der Waals surface area contributed by atoms with Crippen molar-refractivity contribution in [3.63, 3.8) is 0 Å². The Morgan fingerprint density at radius 2 is 1.95 bits per heavy atom. The molecule has 1 aliphatic heterocycles. The second-order valence-electron chi connectivity index (χ2n) is 5.04. The van der Waals surface area contributed by atoms with E-state index in [1.54, 1.807) is 6.07 Å². The van der Waals surface area contributed by atoms with Crippen LogP contribution in [0.1, 0.15) is 19.4 Å². The van der Waals surface area contributed by atoms with Gasteiger partial charge in [0, 0.05) is 25.2 Å². The molecule has 0 aliphatic carbocycles. The summed E-state index contributed by atoms with van der Waals surface area (Å²) >= 11 is 0. The predicted octanol–water partition coefficient (Wildman–Crippen LogP) is 1.07. The van der Waals surface area contributed by atoms with Gasteiger partial charge in [-0.25, -0.2) is 12.8 Å². The molecule has 5 nitrogen and oxygen atoms in total. The Balaban J connectivity index is 2.38. The van der Waals surface area contributed by atoms with Crippen molar-refractivity contribution in [3.05, 3.63) is 29.6 Å². The molecule has 1 heterocycles. The van der Waals surface area contributed by atoms with Crippen LogP contribution in [0.3, 0.4) is 0 Å². The Bertz CT molecular complexity index is 644. The van der Waals surface area contributed by atoms with E-state index < -0.39 is 15.8 Å². The maximum Gasteiger partial charge on any atom is 0.243 e. The molecule has 0 spiro atoms. The first-order chi connectivity index (χ1) is 9.34. The summed E-state index contributed by atoms with van der Waals surface area (Å²) in [6.07, 6.45) is 0. The highest BCUT2D eigenvalue weighted by Crippen LogP contribution is 2.21. The lowest BCUT2D eigenvalue weighted by Crippen LogP contribution is -2.55. The van der Waals surface area contributed by atoms with Crippen LogP contribution in [-0.4, -0.2) is 37.9 Å². The number of nitriles is 1. The third-order valence-electron chi connectivity index (χ3n) is 3.22. The molecular weight excluding hydrogens is 281 g/mol. The first-order valence-electron chi connectivity index (χ1n) is 6.30. The van der Waals surface area contributed by atoms with Gasteiger partial charge in [-0.05, 0) is 32.0 Å². The third kappa shape index (κ3) is 2.82. The Morgan fingerprint density at radius 1 is 1.35 bits per heavy atom.